The molecular formula is C18H15BrClNO. The summed E-state index contributed by atoms with van der Waals surface area (Å²) in [5, 5.41) is 1.52. The van der Waals surface area contributed by atoms with E-state index in [4.69, 9.17) is 11.6 Å². The van der Waals surface area contributed by atoms with Crippen molar-refractivity contribution in [1.82, 2.24) is 0 Å². The number of fused-ring (bicyclic) bond motifs is 2. The normalized spacial score (nSPS) is 25.6. The van der Waals surface area contributed by atoms with Crippen LogP contribution < -0.4 is 4.90 Å². The molecule has 1 amide bonds. The lowest BCUT2D eigenvalue weighted by atomic mass is 9.92. The molecule has 1 spiro atoms. The van der Waals surface area contributed by atoms with Crippen LogP contribution in [0.4, 0.5) is 5.69 Å². The Balaban J connectivity index is 1.77. The fourth-order valence-corrected chi connectivity index (χ4v) is 4.23. The molecule has 1 aliphatic heterocycles. The van der Waals surface area contributed by atoms with Crippen LogP contribution in [0.5, 0.6) is 0 Å². The second-order valence-corrected chi connectivity index (χ2v) is 7.17. The summed E-state index contributed by atoms with van der Waals surface area (Å²) in [6.07, 6.45) is 0.892. The Morgan fingerprint density at radius 1 is 1.18 bits per heavy atom. The highest BCUT2D eigenvalue weighted by molar-refractivity contribution is 9.09. The summed E-state index contributed by atoms with van der Waals surface area (Å²) in [6.45, 7) is 0.713. The van der Waals surface area contributed by atoms with Gasteiger partial charge in [0.1, 0.15) is 0 Å². The van der Waals surface area contributed by atoms with Crippen LogP contribution in [0.25, 0.3) is 0 Å². The molecule has 2 nitrogen and oxygen atoms in total. The third-order valence-corrected chi connectivity index (χ3v) is 5.45. The number of carbonyl (C=O) groups is 1. The average molecular weight is 377 g/mol. The van der Waals surface area contributed by atoms with Crippen LogP contribution in [0.3, 0.4) is 0 Å². The molecule has 1 heterocycles. The van der Waals surface area contributed by atoms with Gasteiger partial charge >= 0.3 is 0 Å². The zero-order valence-electron chi connectivity index (χ0n) is 11.9. The Bertz CT molecular complexity index is 745. The van der Waals surface area contributed by atoms with Crippen molar-refractivity contribution in [2.24, 2.45) is 0 Å². The third-order valence-electron chi connectivity index (χ3n) is 4.84. The lowest BCUT2D eigenvalue weighted by Crippen LogP contribution is -2.34. The van der Waals surface area contributed by atoms with E-state index in [1.807, 2.05) is 41.3 Å². The van der Waals surface area contributed by atoms with E-state index < -0.39 is 0 Å². The fourth-order valence-electron chi connectivity index (χ4n) is 3.75. The molecule has 22 heavy (non-hydrogen) atoms. The van der Waals surface area contributed by atoms with Gasteiger partial charge in [0.25, 0.3) is 0 Å². The van der Waals surface area contributed by atoms with Crippen molar-refractivity contribution >= 4 is 39.1 Å². The fraction of sp³-hybridized carbons (Fsp3) is 0.278. The van der Waals surface area contributed by atoms with E-state index in [1.54, 1.807) is 0 Å². The van der Waals surface area contributed by atoms with Gasteiger partial charge in [0, 0.05) is 28.5 Å². The second kappa shape index (κ2) is 5.10. The van der Waals surface area contributed by atoms with Crippen molar-refractivity contribution in [3.8, 4) is 0 Å². The van der Waals surface area contributed by atoms with Gasteiger partial charge in [-0.2, -0.15) is 0 Å². The summed E-state index contributed by atoms with van der Waals surface area (Å²) in [7, 11) is 0. The summed E-state index contributed by atoms with van der Waals surface area (Å²) in [5.41, 5.74) is 3.10. The summed E-state index contributed by atoms with van der Waals surface area (Å²) in [4.78, 5) is 15.0. The minimum atomic E-state index is -0.355. The Morgan fingerprint density at radius 2 is 1.91 bits per heavy atom. The molecule has 0 unspecified atom stereocenters. The molecule has 112 valence electrons. The standard InChI is InChI=1S/C18H15BrClNO/c19-9-10-21-16-4-2-1-3-14(16)18(17(21)22)11-15(18)12-5-7-13(20)8-6-12/h1-8,15H,9-11H2/t15-,18-/m0/s1. The molecular weight excluding hydrogens is 362 g/mol. The van der Waals surface area contributed by atoms with E-state index in [1.165, 1.54) is 11.1 Å². The van der Waals surface area contributed by atoms with E-state index in [9.17, 15) is 4.79 Å². The summed E-state index contributed by atoms with van der Waals surface area (Å²) < 4.78 is 0. The van der Waals surface area contributed by atoms with Gasteiger partial charge in [-0.25, -0.2) is 0 Å². The highest BCUT2D eigenvalue weighted by Crippen LogP contribution is 2.66. The van der Waals surface area contributed by atoms with Gasteiger partial charge in [-0.15, -0.1) is 0 Å². The minimum Gasteiger partial charge on any atom is -0.310 e. The number of alkyl halides is 1. The van der Waals surface area contributed by atoms with Crippen LogP contribution in [0, 0.1) is 0 Å². The molecule has 0 bridgehead atoms. The number of amides is 1. The topological polar surface area (TPSA) is 20.3 Å². The molecule has 0 N–H and O–H groups in total. The summed E-state index contributed by atoms with van der Waals surface area (Å²) >= 11 is 9.44. The SMILES string of the molecule is O=C1N(CCBr)c2ccccc2[C@]12C[C@H]2c1ccc(Cl)cc1. The first-order valence-corrected chi connectivity index (χ1v) is 8.91. The largest absolute Gasteiger partial charge is 0.310 e. The van der Waals surface area contributed by atoms with E-state index in [2.05, 4.69) is 28.1 Å². The predicted octanol–water partition coefficient (Wildman–Crippen LogP) is 4.51. The Hall–Kier alpha value is -1.32. The van der Waals surface area contributed by atoms with Crippen LogP contribution in [-0.2, 0) is 10.2 Å². The van der Waals surface area contributed by atoms with Gasteiger partial charge in [0.2, 0.25) is 5.91 Å². The van der Waals surface area contributed by atoms with Crippen LogP contribution in [-0.4, -0.2) is 17.8 Å². The number of benzene rings is 2. The van der Waals surface area contributed by atoms with Crippen LogP contribution in [0.2, 0.25) is 5.02 Å². The molecule has 1 fully saturated rings. The van der Waals surface area contributed by atoms with Crippen molar-refractivity contribution in [1.29, 1.82) is 0 Å². The second-order valence-electron chi connectivity index (χ2n) is 5.94. The molecule has 1 aliphatic carbocycles. The van der Waals surface area contributed by atoms with E-state index in [0.717, 1.165) is 22.5 Å². The van der Waals surface area contributed by atoms with Crippen molar-refractivity contribution in [2.75, 3.05) is 16.8 Å². The zero-order valence-corrected chi connectivity index (χ0v) is 14.3. The molecule has 2 aromatic carbocycles. The Labute approximate surface area is 143 Å². The first kappa shape index (κ1) is 14.3. The molecule has 0 aromatic heterocycles. The van der Waals surface area contributed by atoms with E-state index >= 15 is 0 Å². The predicted molar refractivity (Wildman–Crippen MR) is 93.1 cm³/mol. The van der Waals surface area contributed by atoms with E-state index in [-0.39, 0.29) is 17.2 Å². The van der Waals surface area contributed by atoms with Gasteiger partial charge in [0.05, 0.1) is 5.41 Å². The molecule has 1 saturated carbocycles. The molecule has 2 atom stereocenters. The minimum absolute atomic E-state index is 0.244. The number of halogens is 2. The van der Waals surface area contributed by atoms with Crippen molar-refractivity contribution < 1.29 is 4.79 Å². The smallest absolute Gasteiger partial charge is 0.238 e. The maximum Gasteiger partial charge on any atom is 0.238 e. The Morgan fingerprint density at radius 3 is 2.64 bits per heavy atom. The molecule has 2 aromatic rings. The number of para-hydroxylation sites is 1. The van der Waals surface area contributed by atoms with Gasteiger partial charge in [0.15, 0.2) is 0 Å². The van der Waals surface area contributed by atoms with Crippen molar-refractivity contribution in [3.63, 3.8) is 0 Å². The molecule has 2 aliphatic rings. The number of hydrogen-bond donors (Lipinski definition) is 0. The van der Waals surface area contributed by atoms with Crippen molar-refractivity contribution in [2.45, 2.75) is 17.8 Å². The average Bonchev–Trinajstić information content (AvgIpc) is 3.24. The molecule has 0 saturated heterocycles. The van der Waals surface area contributed by atoms with Crippen LogP contribution in [0.1, 0.15) is 23.5 Å². The molecule has 4 rings (SSSR count). The van der Waals surface area contributed by atoms with Crippen LogP contribution in [0.15, 0.2) is 48.5 Å². The highest BCUT2D eigenvalue weighted by Gasteiger charge is 2.66. The van der Waals surface area contributed by atoms with E-state index in [0.29, 0.717) is 6.54 Å². The van der Waals surface area contributed by atoms with Gasteiger partial charge in [-0.3, -0.25) is 4.79 Å². The maximum atomic E-state index is 13.1. The summed E-state index contributed by atoms with van der Waals surface area (Å²) in [5.74, 6) is 0.506. The number of hydrogen-bond acceptors (Lipinski definition) is 1. The van der Waals surface area contributed by atoms with Crippen molar-refractivity contribution in [3.05, 3.63) is 64.7 Å². The first-order chi connectivity index (χ1) is 10.7. The Kier molecular flexibility index (Phi) is 3.31. The zero-order chi connectivity index (χ0) is 15.3. The van der Waals surface area contributed by atoms with Gasteiger partial charge in [-0.1, -0.05) is 57.9 Å². The van der Waals surface area contributed by atoms with Crippen LogP contribution >= 0.6 is 27.5 Å². The third kappa shape index (κ3) is 1.88. The lowest BCUT2D eigenvalue weighted by Gasteiger charge is -2.16. The number of carbonyl (C=O) groups excluding carboxylic acids is 1. The molecule has 4 heteroatoms. The first-order valence-electron chi connectivity index (χ1n) is 7.41. The number of nitrogens with zero attached hydrogens (tertiary/aromatic N) is 1. The van der Waals surface area contributed by atoms with Gasteiger partial charge < -0.3 is 4.90 Å². The number of anilines is 1. The maximum absolute atomic E-state index is 13.1. The highest BCUT2D eigenvalue weighted by atomic mass is 79.9. The summed E-state index contributed by atoms with van der Waals surface area (Å²) in [6, 6.07) is 16.1. The molecule has 0 radical (unpaired) electrons. The monoisotopic (exact) mass is 375 g/mol. The van der Waals surface area contributed by atoms with Gasteiger partial charge in [-0.05, 0) is 35.7 Å². The lowest BCUT2D eigenvalue weighted by molar-refractivity contribution is -0.120. The number of rotatable bonds is 3. The quantitative estimate of drug-likeness (QED) is 0.722.